The van der Waals surface area contributed by atoms with Gasteiger partial charge in [0.25, 0.3) is 11.8 Å². The molecule has 1 aliphatic rings. The number of benzene rings is 1. The van der Waals surface area contributed by atoms with E-state index in [2.05, 4.69) is 15.5 Å². The molecule has 3 rings (SSSR count). The summed E-state index contributed by atoms with van der Waals surface area (Å²) in [5.74, 6) is 0.222. The summed E-state index contributed by atoms with van der Waals surface area (Å²) < 4.78 is 17.7. The lowest BCUT2D eigenvalue weighted by Crippen LogP contribution is -2.43. The van der Waals surface area contributed by atoms with Crippen molar-refractivity contribution >= 4 is 23.8 Å². The smallest absolute Gasteiger partial charge is 0.343 e. The molecule has 1 aliphatic heterocycles. The summed E-state index contributed by atoms with van der Waals surface area (Å²) in [4.78, 5) is 40.4. The highest BCUT2D eigenvalue weighted by molar-refractivity contribution is 5.83. The molecule has 2 aromatic rings. The van der Waals surface area contributed by atoms with Crippen LogP contribution in [0.1, 0.15) is 18.3 Å². The molecule has 0 saturated carbocycles. The Morgan fingerprint density at radius 1 is 1.29 bits per heavy atom. The number of carbonyl (C=O) groups is 2. The Hall–Kier alpha value is -4.00. The molecule has 2 amide bonds. The third-order valence-corrected chi connectivity index (χ3v) is 4.91. The number of morpholine rings is 1. The number of aryl methyl sites for hydroxylation is 1. The summed E-state index contributed by atoms with van der Waals surface area (Å²) in [5.41, 5.74) is 2.94. The molecule has 0 atom stereocenters. The molecule has 1 N–H and O–H groups in total. The Balaban J connectivity index is 1.58. The van der Waals surface area contributed by atoms with Crippen LogP contribution in [-0.4, -0.2) is 76.9 Å². The van der Waals surface area contributed by atoms with Gasteiger partial charge < -0.3 is 29.2 Å². The highest BCUT2D eigenvalue weighted by Gasteiger charge is 2.20. The van der Waals surface area contributed by atoms with E-state index in [1.165, 1.54) is 10.8 Å². The maximum absolute atomic E-state index is 12.3. The Morgan fingerprint density at radius 3 is 2.76 bits per heavy atom. The van der Waals surface area contributed by atoms with Crippen molar-refractivity contribution in [3.05, 3.63) is 45.9 Å². The van der Waals surface area contributed by atoms with Gasteiger partial charge in [-0.2, -0.15) is 5.10 Å². The first kappa shape index (κ1) is 24.6. The lowest BCUT2D eigenvalue weighted by atomic mass is 10.2. The van der Waals surface area contributed by atoms with Gasteiger partial charge in [-0.3, -0.25) is 9.59 Å². The van der Waals surface area contributed by atoms with E-state index >= 15 is 0 Å². The maximum Gasteiger partial charge on any atom is 0.343 e. The van der Waals surface area contributed by atoms with E-state index in [1.54, 1.807) is 30.0 Å². The fourth-order valence-corrected chi connectivity index (χ4v) is 3.19. The fraction of sp³-hybridized carbons (Fsp3) is 0.429. The number of nitrogens with zero attached hydrogens (tertiary/aromatic N) is 5. The van der Waals surface area contributed by atoms with E-state index in [1.807, 2.05) is 6.92 Å². The molecule has 1 saturated heterocycles. The van der Waals surface area contributed by atoms with E-state index < -0.39 is 10.8 Å². The molecule has 1 aromatic heterocycles. The van der Waals surface area contributed by atoms with Crippen molar-refractivity contribution in [2.24, 2.45) is 5.10 Å². The lowest BCUT2D eigenvalue weighted by molar-refractivity contribution is -0.392. The van der Waals surface area contributed by atoms with Crippen LogP contribution >= 0.6 is 0 Å². The van der Waals surface area contributed by atoms with Crippen LogP contribution in [0.15, 0.2) is 29.5 Å². The number of imidazole rings is 1. The number of nitrogens with one attached hydrogen (secondary N) is 1. The van der Waals surface area contributed by atoms with Crippen molar-refractivity contribution in [1.29, 1.82) is 0 Å². The summed E-state index contributed by atoms with van der Waals surface area (Å²) in [6, 6.07) is 5.01. The number of hydrogen-bond acceptors (Lipinski definition) is 9. The van der Waals surface area contributed by atoms with E-state index in [0.29, 0.717) is 55.8 Å². The number of hydrazone groups is 1. The molecule has 0 radical (unpaired) electrons. The van der Waals surface area contributed by atoms with Crippen molar-refractivity contribution in [3.63, 3.8) is 0 Å². The molecule has 0 aliphatic carbocycles. The van der Waals surface area contributed by atoms with Crippen LogP contribution in [0, 0.1) is 17.0 Å². The van der Waals surface area contributed by atoms with Crippen LogP contribution in [0.25, 0.3) is 0 Å². The summed E-state index contributed by atoms with van der Waals surface area (Å²) in [6.45, 7) is 5.45. The summed E-state index contributed by atoms with van der Waals surface area (Å²) >= 11 is 0. The minimum Gasteiger partial charge on any atom is -0.490 e. The summed E-state index contributed by atoms with van der Waals surface area (Å²) in [7, 11) is 0. The van der Waals surface area contributed by atoms with Gasteiger partial charge in [0.1, 0.15) is 6.20 Å². The molecule has 1 fully saturated rings. The van der Waals surface area contributed by atoms with Gasteiger partial charge >= 0.3 is 5.82 Å². The molecule has 1 aromatic carbocycles. The van der Waals surface area contributed by atoms with Gasteiger partial charge in [0.05, 0.1) is 26.0 Å². The van der Waals surface area contributed by atoms with E-state index in [9.17, 15) is 19.7 Å². The van der Waals surface area contributed by atoms with Crippen molar-refractivity contribution in [1.82, 2.24) is 19.9 Å². The molecule has 0 bridgehead atoms. The van der Waals surface area contributed by atoms with Crippen LogP contribution in [0.2, 0.25) is 0 Å². The first-order chi connectivity index (χ1) is 16.4. The van der Waals surface area contributed by atoms with E-state index in [4.69, 9.17) is 14.2 Å². The van der Waals surface area contributed by atoms with Gasteiger partial charge in [0.15, 0.2) is 30.5 Å². The van der Waals surface area contributed by atoms with Gasteiger partial charge in [-0.1, -0.05) is 0 Å². The molecule has 34 heavy (non-hydrogen) atoms. The normalized spacial score (nSPS) is 13.6. The van der Waals surface area contributed by atoms with Gasteiger partial charge in [-0.15, -0.1) is 0 Å². The van der Waals surface area contributed by atoms with Gasteiger partial charge in [-0.25, -0.2) is 15.0 Å². The van der Waals surface area contributed by atoms with Crippen LogP contribution < -0.4 is 14.9 Å². The van der Waals surface area contributed by atoms with Crippen LogP contribution in [0.3, 0.4) is 0 Å². The summed E-state index contributed by atoms with van der Waals surface area (Å²) in [5, 5.41) is 14.9. The van der Waals surface area contributed by atoms with Crippen LogP contribution in [-0.2, 0) is 20.9 Å². The van der Waals surface area contributed by atoms with Crippen molar-refractivity contribution in [2.75, 3.05) is 39.5 Å². The molecule has 2 heterocycles. The number of rotatable bonds is 10. The Morgan fingerprint density at radius 2 is 2.06 bits per heavy atom. The van der Waals surface area contributed by atoms with Crippen LogP contribution in [0.5, 0.6) is 11.5 Å². The van der Waals surface area contributed by atoms with Gasteiger partial charge in [0.2, 0.25) is 0 Å². The zero-order chi connectivity index (χ0) is 24.5. The first-order valence-electron chi connectivity index (χ1n) is 10.6. The third kappa shape index (κ3) is 6.51. The number of ether oxygens (including phenoxy) is 3. The summed E-state index contributed by atoms with van der Waals surface area (Å²) in [6.07, 6.45) is 2.50. The largest absolute Gasteiger partial charge is 0.490 e. The second kappa shape index (κ2) is 11.7. The number of hydrogen-bond donors (Lipinski definition) is 1. The average molecular weight is 474 g/mol. The Bertz CT molecular complexity index is 1060. The van der Waals surface area contributed by atoms with Crippen molar-refractivity contribution < 1.29 is 28.7 Å². The van der Waals surface area contributed by atoms with Crippen molar-refractivity contribution in [2.45, 2.75) is 20.4 Å². The minimum atomic E-state index is -0.607. The molecule has 0 spiro atoms. The first-order valence-corrected chi connectivity index (χ1v) is 10.6. The molecular formula is C21H26N6O7. The zero-order valence-corrected chi connectivity index (χ0v) is 18.9. The Labute approximate surface area is 195 Å². The van der Waals surface area contributed by atoms with Gasteiger partial charge in [-0.05, 0) is 35.6 Å². The highest BCUT2D eigenvalue weighted by Crippen LogP contribution is 2.28. The maximum atomic E-state index is 12.3. The van der Waals surface area contributed by atoms with Gasteiger partial charge in [0, 0.05) is 20.0 Å². The standard InChI is InChI=1S/C21H26N6O7/c1-3-33-18-10-16(4-5-17(18)34-14-21(29)25-6-8-32-9-7-25)11-23-24-19(28)13-26-15(2)22-12-20(26)27(30)31/h4-5,10-12H,3,6-9,13-14H2,1-2H3,(H,24,28)/b23-11+. The predicted molar refractivity (Wildman–Crippen MR) is 120 cm³/mol. The molecular weight excluding hydrogens is 448 g/mol. The second-order valence-electron chi connectivity index (χ2n) is 7.22. The quantitative estimate of drug-likeness (QED) is 0.303. The lowest BCUT2D eigenvalue weighted by Gasteiger charge is -2.26. The third-order valence-electron chi connectivity index (χ3n) is 4.91. The number of aromatic nitrogens is 2. The predicted octanol–water partition coefficient (Wildman–Crippen LogP) is 0.886. The second-order valence-corrected chi connectivity index (χ2v) is 7.22. The SMILES string of the molecule is CCOc1cc(/C=N/NC(=O)Cn2c([N+](=O)[O-])cnc2C)ccc1OCC(=O)N1CCOCC1. The topological polar surface area (TPSA) is 150 Å². The fourth-order valence-electron chi connectivity index (χ4n) is 3.19. The zero-order valence-electron chi connectivity index (χ0n) is 18.9. The number of amides is 2. The average Bonchev–Trinajstić information content (AvgIpc) is 3.19. The molecule has 13 heteroatoms. The number of carbonyl (C=O) groups excluding carboxylic acids is 2. The minimum absolute atomic E-state index is 0.122. The highest BCUT2D eigenvalue weighted by atomic mass is 16.6. The number of nitro groups is 1. The molecule has 182 valence electrons. The monoisotopic (exact) mass is 474 g/mol. The molecule has 0 unspecified atom stereocenters. The molecule has 13 nitrogen and oxygen atoms in total. The Kier molecular flexibility index (Phi) is 8.51. The van der Waals surface area contributed by atoms with E-state index in [-0.39, 0.29) is 24.9 Å². The van der Waals surface area contributed by atoms with E-state index in [0.717, 1.165) is 6.20 Å². The van der Waals surface area contributed by atoms with Crippen molar-refractivity contribution in [3.8, 4) is 11.5 Å². The van der Waals surface area contributed by atoms with Crippen LogP contribution in [0.4, 0.5) is 5.82 Å².